The molecule has 0 aromatic heterocycles. The standard InChI is InChI=1S/C13H16ClN3O/c1-4-16-13(2,3)12(18)17-11-7-9(8-15)5-6-10(11)14/h5-7,16H,4H2,1-3H3,(H,17,18). The molecule has 4 nitrogen and oxygen atoms in total. The van der Waals surface area contributed by atoms with E-state index in [4.69, 9.17) is 16.9 Å². The van der Waals surface area contributed by atoms with Crippen molar-refractivity contribution >= 4 is 23.2 Å². The van der Waals surface area contributed by atoms with Crippen LogP contribution in [0.2, 0.25) is 5.02 Å². The summed E-state index contributed by atoms with van der Waals surface area (Å²) in [6, 6.07) is 6.76. The van der Waals surface area contributed by atoms with Gasteiger partial charge in [0, 0.05) is 0 Å². The van der Waals surface area contributed by atoms with E-state index in [9.17, 15) is 4.79 Å². The second-order valence-corrected chi connectivity index (χ2v) is 4.82. The highest BCUT2D eigenvalue weighted by molar-refractivity contribution is 6.33. The van der Waals surface area contributed by atoms with Crippen LogP contribution in [0.1, 0.15) is 26.3 Å². The van der Waals surface area contributed by atoms with Gasteiger partial charge in [0.05, 0.1) is 27.9 Å². The Labute approximate surface area is 112 Å². The molecule has 0 aliphatic carbocycles. The summed E-state index contributed by atoms with van der Waals surface area (Å²) in [6.07, 6.45) is 0. The maximum atomic E-state index is 12.1. The molecule has 1 rings (SSSR count). The number of benzene rings is 1. The first-order valence-corrected chi connectivity index (χ1v) is 6.04. The third-order valence-corrected chi connectivity index (χ3v) is 2.86. The lowest BCUT2D eigenvalue weighted by atomic mass is 10.0. The number of likely N-dealkylation sites (N-methyl/N-ethyl adjacent to an activating group) is 1. The quantitative estimate of drug-likeness (QED) is 0.879. The molecule has 0 aliphatic heterocycles. The van der Waals surface area contributed by atoms with Crippen LogP contribution in [0.4, 0.5) is 5.69 Å². The molecule has 5 heteroatoms. The largest absolute Gasteiger partial charge is 0.323 e. The van der Waals surface area contributed by atoms with Gasteiger partial charge in [-0.25, -0.2) is 0 Å². The SMILES string of the molecule is CCNC(C)(C)C(=O)Nc1cc(C#N)ccc1Cl. The molecule has 2 N–H and O–H groups in total. The predicted molar refractivity (Wildman–Crippen MR) is 72.6 cm³/mol. The molecule has 0 saturated heterocycles. The zero-order valence-electron chi connectivity index (χ0n) is 10.7. The van der Waals surface area contributed by atoms with Crippen molar-refractivity contribution in [2.75, 3.05) is 11.9 Å². The Morgan fingerprint density at radius 1 is 1.50 bits per heavy atom. The van der Waals surface area contributed by atoms with Crippen molar-refractivity contribution in [2.45, 2.75) is 26.3 Å². The molecule has 1 amide bonds. The molecule has 0 bridgehead atoms. The van der Waals surface area contributed by atoms with E-state index in [-0.39, 0.29) is 5.91 Å². The van der Waals surface area contributed by atoms with Gasteiger partial charge in [0.2, 0.25) is 5.91 Å². The Morgan fingerprint density at radius 2 is 2.17 bits per heavy atom. The number of nitrogens with one attached hydrogen (secondary N) is 2. The summed E-state index contributed by atoms with van der Waals surface area (Å²) < 4.78 is 0. The number of anilines is 1. The molecule has 0 fully saturated rings. The molecule has 0 radical (unpaired) electrons. The number of nitrogens with zero attached hydrogens (tertiary/aromatic N) is 1. The molecule has 0 unspecified atom stereocenters. The van der Waals surface area contributed by atoms with Crippen LogP contribution in [-0.2, 0) is 4.79 Å². The fourth-order valence-electron chi connectivity index (χ4n) is 1.49. The van der Waals surface area contributed by atoms with Crippen molar-refractivity contribution in [3.63, 3.8) is 0 Å². The summed E-state index contributed by atoms with van der Waals surface area (Å²) in [5, 5.41) is 15.0. The molecule has 1 aromatic rings. The van der Waals surface area contributed by atoms with Gasteiger partial charge >= 0.3 is 0 Å². The lowest BCUT2D eigenvalue weighted by Gasteiger charge is -2.24. The highest BCUT2D eigenvalue weighted by Crippen LogP contribution is 2.23. The molecular weight excluding hydrogens is 250 g/mol. The van der Waals surface area contributed by atoms with Gasteiger partial charge in [-0.1, -0.05) is 18.5 Å². The Bertz CT molecular complexity index is 491. The van der Waals surface area contributed by atoms with E-state index in [0.29, 0.717) is 22.8 Å². The second kappa shape index (κ2) is 5.85. The molecule has 0 aliphatic rings. The van der Waals surface area contributed by atoms with E-state index in [2.05, 4.69) is 10.6 Å². The summed E-state index contributed by atoms with van der Waals surface area (Å²) in [4.78, 5) is 12.1. The Balaban J connectivity index is 2.91. The number of halogens is 1. The third-order valence-electron chi connectivity index (χ3n) is 2.53. The summed E-state index contributed by atoms with van der Waals surface area (Å²) in [5.74, 6) is -0.193. The van der Waals surface area contributed by atoms with Crippen LogP contribution in [0, 0.1) is 11.3 Å². The van der Waals surface area contributed by atoms with Crippen LogP contribution in [0.3, 0.4) is 0 Å². The van der Waals surface area contributed by atoms with Crippen molar-refractivity contribution in [2.24, 2.45) is 0 Å². The molecule has 0 heterocycles. The van der Waals surface area contributed by atoms with Gasteiger partial charge in [-0.15, -0.1) is 0 Å². The molecule has 0 saturated carbocycles. The van der Waals surface area contributed by atoms with Crippen molar-refractivity contribution < 1.29 is 4.79 Å². The van der Waals surface area contributed by atoms with Gasteiger partial charge in [-0.2, -0.15) is 5.26 Å². The topological polar surface area (TPSA) is 64.9 Å². The fourth-order valence-corrected chi connectivity index (χ4v) is 1.66. The highest BCUT2D eigenvalue weighted by Gasteiger charge is 2.26. The van der Waals surface area contributed by atoms with Crippen molar-refractivity contribution in [3.05, 3.63) is 28.8 Å². The average Bonchev–Trinajstić information content (AvgIpc) is 2.31. The van der Waals surface area contributed by atoms with E-state index in [1.165, 1.54) is 0 Å². The van der Waals surface area contributed by atoms with E-state index in [1.54, 1.807) is 32.0 Å². The smallest absolute Gasteiger partial charge is 0.244 e. The first kappa shape index (κ1) is 14.5. The Kier molecular flexibility index (Phi) is 4.71. The number of rotatable bonds is 4. The minimum absolute atomic E-state index is 0.193. The summed E-state index contributed by atoms with van der Waals surface area (Å²) in [7, 11) is 0. The normalized spacial score (nSPS) is 10.8. The van der Waals surface area contributed by atoms with Crippen molar-refractivity contribution in [3.8, 4) is 6.07 Å². The van der Waals surface area contributed by atoms with Gasteiger partial charge < -0.3 is 10.6 Å². The van der Waals surface area contributed by atoms with E-state index in [1.807, 2.05) is 13.0 Å². The molecule has 18 heavy (non-hydrogen) atoms. The van der Waals surface area contributed by atoms with Gasteiger partial charge in [0.15, 0.2) is 0 Å². The number of hydrogen-bond donors (Lipinski definition) is 2. The van der Waals surface area contributed by atoms with Crippen LogP contribution in [0.5, 0.6) is 0 Å². The lowest BCUT2D eigenvalue weighted by molar-refractivity contribution is -0.121. The van der Waals surface area contributed by atoms with Gasteiger partial charge in [0.25, 0.3) is 0 Å². The van der Waals surface area contributed by atoms with Crippen LogP contribution in [-0.4, -0.2) is 18.0 Å². The second-order valence-electron chi connectivity index (χ2n) is 4.42. The average molecular weight is 266 g/mol. The number of carbonyl (C=O) groups is 1. The van der Waals surface area contributed by atoms with E-state index in [0.717, 1.165) is 0 Å². The minimum Gasteiger partial charge on any atom is -0.323 e. The highest BCUT2D eigenvalue weighted by atomic mass is 35.5. The maximum Gasteiger partial charge on any atom is 0.244 e. The zero-order chi connectivity index (χ0) is 13.8. The number of amides is 1. The maximum absolute atomic E-state index is 12.1. The van der Waals surface area contributed by atoms with Crippen LogP contribution >= 0.6 is 11.6 Å². The van der Waals surface area contributed by atoms with Crippen LogP contribution < -0.4 is 10.6 Å². The summed E-state index contributed by atoms with van der Waals surface area (Å²) in [6.45, 7) is 6.19. The van der Waals surface area contributed by atoms with E-state index < -0.39 is 5.54 Å². The van der Waals surface area contributed by atoms with Gasteiger partial charge in [-0.05, 0) is 38.6 Å². The van der Waals surface area contributed by atoms with Crippen molar-refractivity contribution in [1.82, 2.24) is 5.32 Å². The predicted octanol–water partition coefficient (Wildman–Crippen LogP) is 2.54. The first-order chi connectivity index (χ1) is 8.40. The first-order valence-electron chi connectivity index (χ1n) is 5.67. The number of carbonyl (C=O) groups excluding carboxylic acids is 1. The van der Waals surface area contributed by atoms with Gasteiger partial charge in [-0.3, -0.25) is 4.79 Å². The van der Waals surface area contributed by atoms with Crippen molar-refractivity contribution in [1.29, 1.82) is 5.26 Å². The van der Waals surface area contributed by atoms with Gasteiger partial charge in [0.1, 0.15) is 0 Å². The monoisotopic (exact) mass is 265 g/mol. The Hall–Kier alpha value is -1.57. The summed E-state index contributed by atoms with van der Waals surface area (Å²) in [5.41, 5.74) is 0.212. The van der Waals surface area contributed by atoms with Crippen LogP contribution in [0.25, 0.3) is 0 Å². The zero-order valence-corrected chi connectivity index (χ0v) is 11.4. The fraction of sp³-hybridized carbons (Fsp3) is 0.385. The molecule has 1 aromatic carbocycles. The van der Waals surface area contributed by atoms with Crippen LogP contribution in [0.15, 0.2) is 18.2 Å². The molecule has 0 spiro atoms. The van der Waals surface area contributed by atoms with E-state index >= 15 is 0 Å². The molecular formula is C13H16ClN3O. The number of nitriles is 1. The molecule has 96 valence electrons. The molecule has 0 atom stereocenters. The number of hydrogen-bond acceptors (Lipinski definition) is 3. The Morgan fingerprint density at radius 3 is 2.72 bits per heavy atom. The third kappa shape index (κ3) is 3.46. The minimum atomic E-state index is -0.694. The lowest BCUT2D eigenvalue weighted by Crippen LogP contribution is -2.49. The summed E-state index contributed by atoms with van der Waals surface area (Å²) >= 11 is 5.98.